The summed E-state index contributed by atoms with van der Waals surface area (Å²) in [4.78, 5) is 29.9. The Morgan fingerprint density at radius 1 is 0.812 bits per heavy atom. The highest BCUT2D eigenvalue weighted by Gasteiger charge is 2.09. The number of nitrogens with one attached hydrogen (secondary N) is 2. The topological polar surface area (TPSA) is 71.1 Å². The largest absolute Gasteiger partial charge is 0.326 e. The van der Waals surface area contributed by atoms with E-state index in [2.05, 4.69) is 15.6 Å². The molecule has 7 heteroatoms. The summed E-state index contributed by atoms with van der Waals surface area (Å²) in [7, 11) is 0. The van der Waals surface area contributed by atoms with E-state index in [1.165, 1.54) is 23.1 Å². The van der Waals surface area contributed by atoms with Crippen LogP contribution in [0.5, 0.6) is 0 Å². The van der Waals surface area contributed by atoms with Crippen LogP contribution in [-0.2, 0) is 16.0 Å². The Morgan fingerprint density at radius 2 is 1.50 bits per heavy atom. The molecule has 1 heterocycles. The van der Waals surface area contributed by atoms with E-state index in [0.29, 0.717) is 11.6 Å². The highest BCUT2D eigenvalue weighted by atomic mass is 32.2. The van der Waals surface area contributed by atoms with Crippen molar-refractivity contribution in [3.05, 3.63) is 95.9 Å². The van der Waals surface area contributed by atoms with E-state index in [-0.39, 0.29) is 17.6 Å². The minimum atomic E-state index is -0.107. The number of benzene rings is 3. The van der Waals surface area contributed by atoms with E-state index in [9.17, 15) is 9.59 Å². The van der Waals surface area contributed by atoms with Gasteiger partial charge in [-0.2, -0.15) is 0 Å². The van der Waals surface area contributed by atoms with Crippen LogP contribution >= 0.6 is 23.1 Å². The lowest BCUT2D eigenvalue weighted by Gasteiger charge is -2.07. The molecule has 3 aromatic carbocycles. The predicted molar refractivity (Wildman–Crippen MR) is 132 cm³/mol. The molecule has 2 amide bonds. The highest BCUT2D eigenvalue weighted by molar-refractivity contribution is 8.00. The monoisotopic (exact) mass is 459 g/mol. The molecule has 4 aromatic rings. The number of thioether (sulfide) groups is 1. The first kappa shape index (κ1) is 21.8. The third kappa shape index (κ3) is 6.29. The Bertz CT molecular complexity index is 1180. The molecule has 0 bridgehead atoms. The number of hydrogen-bond acceptors (Lipinski definition) is 5. The van der Waals surface area contributed by atoms with Crippen molar-refractivity contribution in [3.63, 3.8) is 0 Å². The van der Waals surface area contributed by atoms with Crippen molar-refractivity contribution >= 4 is 45.7 Å². The van der Waals surface area contributed by atoms with E-state index < -0.39 is 0 Å². The van der Waals surface area contributed by atoms with E-state index in [0.717, 1.165) is 27.4 Å². The SMILES string of the molecule is O=C(Cc1ccccc1)Nc1ccc(SCC(=O)Nc2nc(-c3ccccc3)cs2)cc1. The van der Waals surface area contributed by atoms with Crippen molar-refractivity contribution in [2.24, 2.45) is 0 Å². The molecule has 0 saturated carbocycles. The normalized spacial score (nSPS) is 10.5. The average Bonchev–Trinajstić information content (AvgIpc) is 3.28. The van der Waals surface area contributed by atoms with Crippen molar-refractivity contribution in [2.45, 2.75) is 11.3 Å². The van der Waals surface area contributed by atoms with E-state index in [1.807, 2.05) is 90.3 Å². The first-order valence-electron chi connectivity index (χ1n) is 10.0. The van der Waals surface area contributed by atoms with Crippen LogP contribution in [0.2, 0.25) is 0 Å². The molecule has 5 nitrogen and oxygen atoms in total. The number of nitrogens with zero attached hydrogens (tertiary/aromatic N) is 1. The fourth-order valence-electron chi connectivity index (χ4n) is 3.00. The number of aromatic nitrogens is 1. The van der Waals surface area contributed by atoms with Crippen LogP contribution in [0.4, 0.5) is 10.8 Å². The van der Waals surface area contributed by atoms with E-state index in [1.54, 1.807) is 0 Å². The fourth-order valence-corrected chi connectivity index (χ4v) is 4.43. The van der Waals surface area contributed by atoms with Gasteiger partial charge in [-0.15, -0.1) is 23.1 Å². The molecule has 4 rings (SSSR count). The zero-order valence-corrected chi connectivity index (χ0v) is 18.8. The molecule has 0 unspecified atom stereocenters. The third-order valence-electron chi connectivity index (χ3n) is 4.54. The number of hydrogen-bond donors (Lipinski definition) is 2. The number of rotatable bonds is 8. The Labute approximate surface area is 194 Å². The summed E-state index contributed by atoms with van der Waals surface area (Å²) < 4.78 is 0. The first-order valence-corrected chi connectivity index (χ1v) is 11.9. The van der Waals surface area contributed by atoms with Crippen molar-refractivity contribution in [1.29, 1.82) is 0 Å². The molecule has 32 heavy (non-hydrogen) atoms. The van der Waals surface area contributed by atoms with Gasteiger partial charge in [-0.3, -0.25) is 9.59 Å². The Morgan fingerprint density at radius 3 is 2.22 bits per heavy atom. The van der Waals surface area contributed by atoms with Gasteiger partial charge in [-0.25, -0.2) is 4.98 Å². The first-order chi connectivity index (χ1) is 15.7. The van der Waals surface area contributed by atoms with Crippen molar-refractivity contribution in [1.82, 2.24) is 4.98 Å². The number of carbonyl (C=O) groups excluding carboxylic acids is 2. The maximum atomic E-state index is 12.3. The summed E-state index contributed by atoms with van der Waals surface area (Å²) >= 11 is 2.84. The van der Waals surface area contributed by atoms with Crippen LogP contribution in [0, 0.1) is 0 Å². The lowest BCUT2D eigenvalue weighted by atomic mass is 10.1. The van der Waals surface area contributed by atoms with Gasteiger partial charge in [0.1, 0.15) is 0 Å². The minimum Gasteiger partial charge on any atom is -0.326 e. The molecule has 2 N–H and O–H groups in total. The number of carbonyl (C=O) groups is 2. The molecular weight excluding hydrogens is 438 g/mol. The molecule has 0 radical (unpaired) electrons. The van der Waals surface area contributed by atoms with E-state index >= 15 is 0 Å². The molecule has 0 aliphatic carbocycles. The molecule has 0 fully saturated rings. The molecule has 0 aliphatic heterocycles. The Kier molecular flexibility index (Phi) is 7.32. The van der Waals surface area contributed by atoms with Gasteiger partial charge in [0.25, 0.3) is 0 Å². The summed E-state index contributed by atoms with van der Waals surface area (Å²) in [6.45, 7) is 0. The lowest BCUT2D eigenvalue weighted by molar-refractivity contribution is -0.115. The van der Waals surface area contributed by atoms with Gasteiger partial charge in [-0.1, -0.05) is 60.7 Å². The summed E-state index contributed by atoms with van der Waals surface area (Å²) in [5.74, 6) is 0.110. The van der Waals surface area contributed by atoms with Gasteiger partial charge in [0.15, 0.2) is 5.13 Å². The lowest BCUT2D eigenvalue weighted by Crippen LogP contribution is -2.14. The average molecular weight is 460 g/mol. The molecular formula is C25H21N3O2S2. The summed E-state index contributed by atoms with van der Waals surface area (Å²) in [6, 6.07) is 27.0. The zero-order chi connectivity index (χ0) is 22.2. The van der Waals surface area contributed by atoms with Crippen molar-refractivity contribution in [3.8, 4) is 11.3 Å². The Hall–Kier alpha value is -3.42. The van der Waals surface area contributed by atoms with Gasteiger partial charge in [0.2, 0.25) is 11.8 Å². The zero-order valence-electron chi connectivity index (χ0n) is 17.2. The standard InChI is InChI=1S/C25H21N3O2S2/c29-23(15-18-7-3-1-4-8-18)26-20-11-13-21(14-12-20)31-17-24(30)28-25-27-22(16-32-25)19-9-5-2-6-10-19/h1-14,16H,15,17H2,(H,26,29)(H,27,28,30). The van der Waals surface area contributed by atoms with Crippen LogP contribution in [0.25, 0.3) is 11.3 Å². The highest BCUT2D eigenvalue weighted by Crippen LogP contribution is 2.25. The van der Waals surface area contributed by atoms with E-state index in [4.69, 9.17) is 0 Å². The van der Waals surface area contributed by atoms with Crippen molar-refractivity contribution < 1.29 is 9.59 Å². The molecule has 0 aliphatic rings. The van der Waals surface area contributed by atoms with Crippen LogP contribution in [-0.4, -0.2) is 22.6 Å². The van der Waals surface area contributed by atoms with Gasteiger partial charge >= 0.3 is 0 Å². The molecule has 1 aromatic heterocycles. The smallest absolute Gasteiger partial charge is 0.236 e. The number of thiazole rings is 1. The van der Waals surface area contributed by atoms with Crippen LogP contribution in [0.3, 0.4) is 0 Å². The summed E-state index contributed by atoms with van der Waals surface area (Å²) in [5.41, 5.74) is 3.58. The maximum absolute atomic E-state index is 12.3. The van der Waals surface area contributed by atoms with Gasteiger partial charge in [0.05, 0.1) is 17.9 Å². The minimum absolute atomic E-state index is 0.0608. The van der Waals surface area contributed by atoms with Gasteiger partial charge in [0, 0.05) is 21.5 Å². The molecule has 0 atom stereocenters. The Balaban J connectivity index is 1.24. The summed E-state index contributed by atoms with van der Waals surface area (Å²) in [5, 5.41) is 8.27. The van der Waals surface area contributed by atoms with Crippen LogP contribution < -0.4 is 10.6 Å². The molecule has 0 saturated heterocycles. The predicted octanol–water partition coefficient (Wildman–Crippen LogP) is 5.72. The second-order valence-electron chi connectivity index (χ2n) is 6.98. The second-order valence-corrected chi connectivity index (χ2v) is 8.88. The van der Waals surface area contributed by atoms with Crippen LogP contribution in [0.1, 0.15) is 5.56 Å². The third-order valence-corrected chi connectivity index (χ3v) is 6.31. The van der Waals surface area contributed by atoms with Gasteiger partial charge < -0.3 is 10.6 Å². The van der Waals surface area contributed by atoms with Gasteiger partial charge in [-0.05, 0) is 29.8 Å². The fraction of sp³-hybridized carbons (Fsp3) is 0.0800. The quantitative estimate of drug-likeness (QED) is 0.331. The van der Waals surface area contributed by atoms with Crippen LogP contribution in [0.15, 0.2) is 95.2 Å². The number of amides is 2. The summed E-state index contributed by atoms with van der Waals surface area (Å²) in [6.07, 6.45) is 0.334. The second kappa shape index (κ2) is 10.7. The molecule has 160 valence electrons. The number of anilines is 2. The molecule has 0 spiro atoms. The van der Waals surface area contributed by atoms with Crippen molar-refractivity contribution in [2.75, 3.05) is 16.4 Å². The maximum Gasteiger partial charge on any atom is 0.236 e.